The van der Waals surface area contributed by atoms with Crippen molar-refractivity contribution in [2.45, 2.75) is 33.2 Å². The molecule has 24 heavy (non-hydrogen) atoms. The number of nitriles is 1. The number of aromatic nitrogens is 2. The number of halogens is 2. The van der Waals surface area contributed by atoms with E-state index in [4.69, 9.17) is 5.26 Å². The van der Waals surface area contributed by atoms with Gasteiger partial charge in [0.05, 0.1) is 17.1 Å². The first-order valence-corrected chi connectivity index (χ1v) is 7.81. The highest BCUT2D eigenvalue weighted by molar-refractivity contribution is 5.81. The number of imidazole rings is 1. The molecule has 0 spiro atoms. The topological polar surface area (TPSA) is 41.6 Å². The molecule has 0 saturated carbocycles. The summed E-state index contributed by atoms with van der Waals surface area (Å²) in [5.74, 6) is -1.14. The van der Waals surface area contributed by atoms with Crippen LogP contribution in [0.15, 0.2) is 30.3 Å². The van der Waals surface area contributed by atoms with Crippen molar-refractivity contribution in [3.05, 3.63) is 53.1 Å². The van der Waals surface area contributed by atoms with Gasteiger partial charge in [0.1, 0.15) is 5.82 Å². The first-order valence-electron chi connectivity index (χ1n) is 7.81. The van der Waals surface area contributed by atoms with Gasteiger partial charge in [0.15, 0.2) is 11.6 Å². The molecule has 2 aromatic carbocycles. The highest BCUT2D eigenvalue weighted by atomic mass is 19.2. The van der Waals surface area contributed by atoms with Crippen molar-refractivity contribution in [1.82, 2.24) is 9.55 Å². The number of rotatable bonds is 4. The predicted molar refractivity (Wildman–Crippen MR) is 89.4 cm³/mol. The summed E-state index contributed by atoms with van der Waals surface area (Å²) in [6.07, 6.45) is 1.02. The van der Waals surface area contributed by atoms with Crippen LogP contribution in [0.1, 0.15) is 24.0 Å². The second-order valence-corrected chi connectivity index (χ2v) is 5.90. The Morgan fingerprint density at radius 3 is 2.54 bits per heavy atom. The molecule has 3 nitrogen and oxygen atoms in total. The van der Waals surface area contributed by atoms with Crippen LogP contribution in [0.25, 0.3) is 22.4 Å². The first-order chi connectivity index (χ1) is 11.5. The van der Waals surface area contributed by atoms with Gasteiger partial charge >= 0.3 is 0 Å². The van der Waals surface area contributed by atoms with Gasteiger partial charge in [-0.05, 0) is 37.5 Å². The number of benzene rings is 2. The van der Waals surface area contributed by atoms with E-state index in [1.165, 1.54) is 11.6 Å². The molecule has 3 rings (SSSR count). The average molecular weight is 325 g/mol. The molecule has 0 unspecified atom stereocenters. The van der Waals surface area contributed by atoms with Crippen LogP contribution in [-0.2, 0) is 6.54 Å². The summed E-state index contributed by atoms with van der Waals surface area (Å²) in [6.45, 7) is 4.57. The van der Waals surface area contributed by atoms with E-state index in [-0.39, 0.29) is 0 Å². The molecule has 0 aliphatic carbocycles. The molecule has 0 aliphatic heterocycles. The van der Waals surface area contributed by atoms with Crippen molar-refractivity contribution >= 4 is 11.0 Å². The number of hydrogen-bond donors (Lipinski definition) is 0. The van der Waals surface area contributed by atoms with Crippen LogP contribution in [0.2, 0.25) is 0 Å². The average Bonchev–Trinajstić information content (AvgIpc) is 2.89. The van der Waals surface area contributed by atoms with Crippen molar-refractivity contribution in [2.75, 3.05) is 0 Å². The second-order valence-electron chi connectivity index (χ2n) is 5.90. The zero-order chi connectivity index (χ0) is 17.3. The number of nitrogens with zero attached hydrogens (tertiary/aromatic N) is 3. The summed E-state index contributed by atoms with van der Waals surface area (Å²) >= 11 is 0. The lowest BCUT2D eigenvalue weighted by Gasteiger charge is -2.10. The summed E-state index contributed by atoms with van der Waals surface area (Å²) in [7, 11) is 0. The lowest BCUT2D eigenvalue weighted by atomic mass is 10.1. The molecule has 1 aromatic heterocycles. The van der Waals surface area contributed by atoms with E-state index in [0.717, 1.165) is 17.2 Å². The third kappa shape index (κ3) is 2.88. The minimum absolute atomic E-state index is 0.399. The minimum Gasteiger partial charge on any atom is -0.324 e. The van der Waals surface area contributed by atoms with E-state index < -0.39 is 11.6 Å². The van der Waals surface area contributed by atoms with E-state index in [1.54, 1.807) is 0 Å². The summed E-state index contributed by atoms with van der Waals surface area (Å²) in [5.41, 5.74) is 4.15. The quantitative estimate of drug-likeness (QED) is 0.640. The Morgan fingerprint density at radius 2 is 1.83 bits per heavy atom. The lowest BCUT2D eigenvalue weighted by Crippen LogP contribution is -2.01. The maximum Gasteiger partial charge on any atom is 0.161 e. The van der Waals surface area contributed by atoms with Crippen LogP contribution in [0.5, 0.6) is 0 Å². The Bertz CT molecular complexity index is 951. The van der Waals surface area contributed by atoms with E-state index in [2.05, 4.69) is 11.1 Å². The number of fused-ring (bicyclic) bond motifs is 1. The Labute approximate surface area is 139 Å². The molecule has 0 saturated heterocycles. The van der Waals surface area contributed by atoms with Gasteiger partial charge in [-0.3, -0.25) is 0 Å². The van der Waals surface area contributed by atoms with Gasteiger partial charge < -0.3 is 4.57 Å². The first kappa shape index (κ1) is 16.1. The smallest absolute Gasteiger partial charge is 0.161 e. The van der Waals surface area contributed by atoms with E-state index in [1.807, 2.05) is 36.6 Å². The largest absolute Gasteiger partial charge is 0.324 e. The van der Waals surface area contributed by atoms with Crippen molar-refractivity contribution in [3.63, 3.8) is 0 Å². The van der Waals surface area contributed by atoms with Gasteiger partial charge in [0.25, 0.3) is 0 Å². The maximum absolute atomic E-state index is 13.7. The van der Waals surface area contributed by atoms with E-state index in [9.17, 15) is 8.78 Å². The molecule has 0 fully saturated rings. The molecular formula is C19H17F2N3. The van der Waals surface area contributed by atoms with Crippen LogP contribution in [0, 0.1) is 36.8 Å². The van der Waals surface area contributed by atoms with Gasteiger partial charge in [0, 0.05) is 30.7 Å². The van der Waals surface area contributed by atoms with Gasteiger partial charge in [-0.15, -0.1) is 0 Å². The van der Waals surface area contributed by atoms with E-state index in [0.29, 0.717) is 36.2 Å². The van der Waals surface area contributed by atoms with Gasteiger partial charge in [0.2, 0.25) is 0 Å². The fraction of sp³-hybridized carbons (Fsp3) is 0.263. The third-order valence-electron chi connectivity index (χ3n) is 4.23. The van der Waals surface area contributed by atoms with Crippen LogP contribution < -0.4 is 0 Å². The summed E-state index contributed by atoms with van der Waals surface area (Å²) in [5, 5.41) is 8.76. The molecule has 5 heteroatoms. The Balaban J connectivity index is 2.19. The summed E-state index contributed by atoms with van der Waals surface area (Å²) in [4.78, 5) is 4.51. The van der Waals surface area contributed by atoms with Gasteiger partial charge in [-0.1, -0.05) is 12.1 Å². The monoisotopic (exact) mass is 325 g/mol. The zero-order valence-corrected chi connectivity index (χ0v) is 13.6. The molecule has 3 aromatic rings. The van der Waals surface area contributed by atoms with Crippen LogP contribution in [0.4, 0.5) is 8.78 Å². The Morgan fingerprint density at radius 1 is 1.08 bits per heavy atom. The Hall–Kier alpha value is -2.74. The van der Waals surface area contributed by atoms with Crippen molar-refractivity contribution < 1.29 is 8.78 Å². The second kappa shape index (κ2) is 6.40. The predicted octanol–water partition coefficient (Wildman–Crippen LogP) is 4.90. The zero-order valence-electron chi connectivity index (χ0n) is 13.6. The molecular weight excluding hydrogens is 308 g/mol. The third-order valence-corrected chi connectivity index (χ3v) is 4.23. The lowest BCUT2D eigenvalue weighted by molar-refractivity contribution is 0.510. The molecule has 0 radical (unpaired) electrons. The van der Waals surface area contributed by atoms with Gasteiger partial charge in [-0.2, -0.15) is 5.26 Å². The fourth-order valence-corrected chi connectivity index (χ4v) is 2.76. The summed E-state index contributed by atoms with van der Waals surface area (Å²) in [6, 6.07) is 10.4. The molecule has 0 aliphatic rings. The highest BCUT2D eigenvalue weighted by Crippen LogP contribution is 2.28. The molecule has 0 bridgehead atoms. The molecule has 122 valence electrons. The van der Waals surface area contributed by atoms with Gasteiger partial charge in [-0.25, -0.2) is 13.8 Å². The van der Waals surface area contributed by atoms with E-state index >= 15 is 0 Å². The van der Waals surface area contributed by atoms with Crippen LogP contribution >= 0.6 is 0 Å². The summed E-state index contributed by atoms with van der Waals surface area (Å²) < 4.78 is 29.1. The number of aryl methyl sites for hydroxylation is 3. The SMILES string of the molecule is Cc1ccc(-c2nc3cc(F)c(F)cc3n2CCCC#N)cc1C. The maximum atomic E-state index is 13.7. The standard InChI is InChI=1S/C19H17F2N3/c1-12-5-6-14(9-13(12)2)19-23-17-10-15(20)16(21)11-18(17)24(19)8-4-3-7-22/h5-6,9-11H,3-4,8H2,1-2H3. The molecule has 0 N–H and O–H groups in total. The van der Waals surface area contributed by atoms with Crippen molar-refractivity contribution in [1.29, 1.82) is 5.26 Å². The van der Waals surface area contributed by atoms with Crippen LogP contribution in [0.3, 0.4) is 0 Å². The normalized spacial score (nSPS) is 11.0. The molecule has 1 heterocycles. The molecule has 0 atom stereocenters. The fourth-order valence-electron chi connectivity index (χ4n) is 2.76. The van der Waals surface area contributed by atoms with Crippen molar-refractivity contribution in [2.24, 2.45) is 0 Å². The van der Waals surface area contributed by atoms with Crippen molar-refractivity contribution in [3.8, 4) is 17.5 Å². The number of hydrogen-bond acceptors (Lipinski definition) is 2. The Kier molecular flexibility index (Phi) is 4.30. The number of unbranched alkanes of at least 4 members (excludes halogenated alkanes) is 1. The molecule has 0 amide bonds. The highest BCUT2D eigenvalue weighted by Gasteiger charge is 2.16. The van der Waals surface area contributed by atoms with Crippen LogP contribution in [-0.4, -0.2) is 9.55 Å². The minimum atomic E-state index is -0.907.